The predicted molar refractivity (Wildman–Crippen MR) is 99.0 cm³/mol. The lowest BCUT2D eigenvalue weighted by molar-refractivity contribution is -0.116. The van der Waals surface area contributed by atoms with Crippen molar-refractivity contribution in [2.75, 3.05) is 18.3 Å². The zero-order valence-corrected chi connectivity index (χ0v) is 14.8. The van der Waals surface area contributed by atoms with Gasteiger partial charge in [0.1, 0.15) is 0 Å². The summed E-state index contributed by atoms with van der Waals surface area (Å²) >= 11 is 6.14. The number of ether oxygens (including phenoxy) is 2. The topological polar surface area (TPSA) is 50.8 Å². The molecule has 0 spiro atoms. The summed E-state index contributed by atoms with van der Waals surface area (Å²) < 4.78 is 10.6. The minimum Gasteiger partial charge on any atom is -0.454 e. The lowest BCUT2D eigenvalue weighted by atomic mass is 10.2. The molecule has 0 aliphatic carbocycles. The highest BCUT2D eigenvalue weighted by Crippen LogP contribution is 2.40. The van der Waals surface area contributed by atoms with E-state index in [0.29, 0.717) is 23.1 Å². The molecule has 0 saturated carbocycles. The second-order valence-electron chi connectivity index (χ2n) is 5.63. The maximum Gasteiger partial charge on any atom is 0.262 e. The summed E-state index contributed by atoms with van der Waals surface area (Å²) in [6.07, 6.45) is 3.15. The maximum atomic E-state index is 12.2. The van der Waals surface area contributed by atoms with E-state index in [2.05, 4.69) is 5.43 Å². The van der Waals surface area contributed by atoms with Gasteiger partial charge in [-0.1, -0.05) is 29.3 Å². The van der Waals surface area contributed by atoms with Crippen LogP contribution in [0.2, 0.25) is 5.02 Å². The molecule has 0 unspecified atom stereocenters. The normalized spacial score (nSPS) is 12.4. The van der Waals surface area contributed by atoms with Gasteiger partial charge in [-0.05, 0) is 49.8 Å². The van der Waals surface area contributed by atoms with E-state index in [1.807, 2.05) is 38.1 Å². The molecule has 0 radical (unpaired) electrons. The van der Waals surface area contributed by atoms with E-state index in [9.17, 15) is 4.79 Å². The van der Waals surface area contributed by atoms with Crippen molar-refractivity contribution in [1.82, 2.24) is 5.43 Å². The number of halogens is 1. The number of hydrogen-bond donors (Lipinski definition) is 1. The first-order valence-corrected chi connectivity index (χ1v) is 8.36. The van der Waals surface area contributed by atoms with Crippen LogP contribution in [0.3, 0.4) is 0 Å². The van der Waals surface area contributed by atoms with Crippen LogP contribution in [-0.4, -0.2) is 19.2 Å². The number of carbonyl (C=O) groups excluding carboxylic acids is 1. The van der Waals surface area contributed by atoms with Crippen molar-refractivity contribution < 1.29 is 14.3 Å². The Morgan fingerprint density at radius 2 is 2.04 bits per heavy atom. The molecule has 0 fully saturated rings. The molecule has 2 aromatic carbocycles. The van der Waals surface area contributed by atoms with Crippen molar-refractivity contribution in [3.05, 3.63) is 58.6 Å². The molecule has 25 heavy (non-hydrogen) atoms. The van der Waals surface area contributed by atoms with Crippen LogP contribution < -0.4 is 19.9 Å². The van der Waals surface area contributed by atoms with Crippen molar-refractivity contribution in [3.8, 4) is 11.5 Å². The van der Waals surface area contributed by atoms with Crippen molar-refractivity contribution >= 4 is 29.3 Å². The average molecular weight is 359 g/mol. The Hall–Kier alpha value is -2.66. The number of anilines is 1. The highest BCUT2D eigenvalue weighted by atomic mass is 35.5. The van der Waals surface area contributed by atoms with Gasteiger partial charge in [0, 0.05) is 12.6 Å². The zero-order valence-electron chi connectivity index (χ0n) is 14.1. The number of hydrazine groups is 1. The Morgan fingerprint density at radius 1 is 1.28 bits per heavy atom. The number of nitrogens with one attached hydrogen (secondary N) is 1. The second kappa shape index (κ2) is 7.49. The minimum absolute atomic E-state index is 0.157. The van der Waals surface area contributed by atoms with E-state index in [-0.39, 0.29) is 12.7 Å². The maximum absolute atomic E-state index is 12.2. The van der Waals surface area contributed by atoms with E-state index in [0.717, 1.165) is 11.3 Å². The third-order valence-corrected chi connectivity index (χ3v) is 4.06. The molecule has 0 bridgehead atoms. The molecule has 5 nitrogen and oxygen atoms in total. The highest BCUT2D eigenvalue weighted by Gasteiger charge is 2.17. The van der Waals surface area contributed by atoms with Gasteiger partial charge in [-0.25, -0.2) is 0 Å². The largest absolute Gasteiger partial charge is 0.454 e. The Balaban J connectivity index is 1.68. The van der Waals surface area contributed by atoms with E-state index in [1.54, 1.807) is 23.2 Å². The summed E-state index contributed by atoms with van der Waals surface area (Å²) in [5.74, 6) is 0.901. The summed E-state index contributed by atoms with van der Waals surface area (Å²) in [6.45, 7) is 4.81. The van der Waals surface area contributed by atoms with Gasteiger partial charge in [-0.2, -0.15) is 0 Å². The van der Waals surface area contributed by atoms with E-state index >= 15 is 0 Å². The monoisotopic (exact) mass is 358 g/mol. The summed E-state index contributed by atoms with van der Waals surface area (Å²) in [5.41, 5.74) is 5.73. The number of rotatable bonds is 5. The summed E-state index contributed by atoms with van der Waals surface area (Å²) in [4.78, 5) is 12.2. The van der Waals surface area contributed by atoms with Gasteiger partial charge in [0.2, 0.25) is 6.79 Å². The number of hydrogen-bond acceptors (Lipinski definition) is 4. The minimum atomic E-state index is -0.226. The van der Waals surface area contributed by atoms with Crippen LogP contribution in [0.4, 0.5) is 5.69 Å². The van der Waals surface area contributed by atoms with Gasteiger partial charge in [-0.15, -0.1) is 0 Å². The number of benzene rings is 2. The molecule has 0 aromatic heterocycles. The summed E-state index contributed by atoms with van der Waals surface area (Å²) in [5, 5.41) is 2.25. The predicted octanol–water partition coefficient (Wildman–Crippen LogP) is 3.95. The Bertz CT molecular complexity index is 803. The smallest absolute Gasteiger partial charge is 0.262 e. The van der Waals surface area contributed by atoms with Gasteiger partial charge in [0.05, 0.1) is 10.7 Å². The molecular weight excluding hydrogens is 340 g/mol. The molecule has 6 heteroatoms. The Morgan fingerprint density at radius 3 is 2.76 bits per heavy atom. The Labute approximate surface area is 151 Å². The third kappa shape index (κ3) is 4.06. The molecular formula is C19H19ClN2O3. The van der Waals surface area contributed by atoms with E-state index in [1.165, 1.54) is 11.6 Å². The highest BCUT2D eigenvalue weighted by molar-refractivity contribution is 6.32. The molecule has 3 rings (SSSR count). The van der Waals surface area contributed by atoms with Gasteiger partial charge in [0.25, 0.3) is 5.91 Å². The van der Waals surface area contributed by atoms with Gasteiger partial charge in [-0.3, -0.25) is 15.2 Å². The van der Waals surface area contributed by atoms with E-state index < -0.39 is 0 Å². The standard InChI is InChI=1S/C19H19ClN2O3/c1-3-22(15-7-4-13(2)5-8-15)21-18(23)9-6-14-10-16(20)19-17(11-14)24-12-25-19/h4-11H,3,12H2,1-2H3,(H,21,23)/b9-6+. The zero-order chi connectivity index (χ0) is 17.8. The number of aryl methyl sites for hydroxylation is 1. The first kappa shape index (κ1) is 17.2. The SMILES string of the molecule is CCN(NC(=O)/C=C/c1cc(Cl)c2c(c1)OCO2)c1ccc(C)cc1. The van der Waals surface area contributed by atoms with Crippen molar-refractivity contribution in [3.63, 3.8) is 0 Å². The van der Waals surface area contributed by atoms with Crippen LogP contribution in [0.15, 0.2) is 42.5 Å². The molecule has 1 N–H and O–H groups in total. The van der Waals surface area contributed by atoms with Crippen LogP contribution in [-0.2, 0) is 4.79 Å². The van der Waals surface area contributed by atoms with Crippen molar-refractivity contribution in [1.29, 1.82) is 0 Å². The molecule has 0 atom stereocenters. The average Bonchev–Trinajstić information content (AvgIpc) is 3.08. The Kier molecular flexibility index (Phi) is 5.14. The number of fused-ring (bicyclic) bond motifs is 1. The molecule has 1 aliphatic heterocycles. The van der Waals surface area contributed by atoms with Crippen LogP contribution >= 0.6 is 11.6 Å². The number of amides is 1. The fourth-order valence-corrected chi connectivity index (χ4v) is 2.75. The van der Waals surface area contributed by atoms with Crippen LogP contribution in [0.1, 0.15) is 18.1 Å². The van der Waals surface area contributed by atoms with Gasteiger partial charge >= 0.3 is 0 Å². The fourth-order valence-electron chi connectivity index (χ4n) is 2.48. The van der Waals surface area contributed by atoms with Gasteiger partial charge < -0.3 is 9.47 Å². The van der Waals surface area contributed by atoms with E-state index in [4.69, 9.17) is 21.1 Å². The molecule has 2 aromatic rings. The fraction of sp³-hybridized carbons (Fsp3) is 0.211. The lowest BCUT2D eigenvalue weighted by Crippen LogP contribution is -2.41. The lowest BCUT2D eigenvalue weighted by Gasteiger charge is -2.23. The molecule has 1 amide bonds. The van der Waals surface area contributed by atoms with Crippen LogP contribution in [0.25, 0.3) is 6.08 Å². The summed E-state index contributed by atoms with van der Waals surface area (Å²) in [6, 6.07) is 11.5. The number of carbonyl (C=O) groups is 1. The first-order chi connectivity index (χ1) is 12.1. The number of nitrogens with zero attached hydrogens (tertiary/aromatic N) is 1. The van der Waals surface area contributed by atoms with Gasteiger partial charge in [0.15, 0.2) is 11.5 Å². The molecule has 130 valence electrons. The third-order valence-electron chi connectivity index (χ3n) is 3.78. The molecule has 1 aliphatic rings. The van der Waals surface area contributed by atoms with Crippen LogP contribution in [0.5, 0.6) is 11.5 Å². The quantitative estimate of drug-likeness (QED) is 0.649. The van der Waals surface area contributed by atoms with Crippen molar-refractivity contribution in [2.24, 2.45) is 0 Å². The van der Waals surface area contributed by atoms with Crippen LogP contribution in [0, 0.1) is 6.92 Å². The first-order valence-electron chi connectivity index (χ1n) is 7.99. The second-order valence-corrected chi connectivity index (χ2v) is 6.03. The van der Waals surface area contributed by atoms with Crippen molar-refractivity contribution in [2.45, 2.75) is 13.8 Å². The summed E-state index contributed by atoms with van der Waals surface area (Å²) in [7, 11) is 0. The molecule has 0 saturated heterocycles. The molecule has 1 heterocycles.